The molecule has 2 heteroatoms. The minimum absolute atomic E-state index is 0.0926. The topological polar surface area (TPSA) is 35.2 Å². The van der Waals surface area contributed by atoms with E-state index in [0.717, 1.165) is 13.0 Å². The normalized spacial score (nSPS) is 27.9. The van der Waals surface area contributed by atoms with Crippen molar-refractivity contribution in [3.63, 3.8) is 0 Å². The second kappa shape index (κ2) is 3.58. The van der Waals surface area contributed by atoms with Gasteiger partial charge in [0.2, 0.25) is 0 Å². The van der Waals surface area contributed by atoms with Crippen molar-refractivity contribution < 1.29 is 4.74 Å². The van der Waals surface area contributed by atoms with Crippen LogP contribution in [0.3, 0.4) is 0 Å². The maximum atomic E-state index is 5.93. The van der Waals surface area contributed by atoms with Gasteiger partial charge >= 0.3 is 0 Å². The Morgan fingerprint density at radius 2 is 2.08 bits per heavy atom. The molecule has 1 atom stereocenters. The summed E-state index contributed by atoms with van der Waals surface area (Å²) in [6.45, 7) is 9.50. The smallest absolute Gasteiger partial charge is 0.0631 e. The monoisotopic (exact) mass is 185 g/mol. The summed E-state index contributed by atoms with van der Waals surface area (Å²) in [6.07, 6.45) is 3.88. The van der Waals surface area contributed by atoms with E-state index in [1.54, 1.807) is 0 Å². The van der Waals surface area contributed by atoms with Gasteiger partial charge in [0, 0.05) is 0 Å². The second-order valence-electron chi connectivity index (χ2n) is 5.61. The van der Waals surface area contributed by atoms with E-state index in [1.165, 1.54) is 12.8 Å². The average Bonchev–Trinajstić information content (AvgIpc) is 2.29. The zero-order valence-electron chi connectivity index (χ0n) is 9.39. The molecular formula is C11H23NO. The molecule has 1 unspecified atom stereocenters. The van der Waals surface area contributed by atoms with Crippen LogP contribution in [0.5, 0.6) is 0 Å². The van der Waals surface area contributed by atoms with Crippen LogP contribution in [0.1, 0.15) is 47.0 Å². The van der Waals surface area contributed by atoms with Crippen LogP contribution >= 0.6 is 0 Å². The number of hydrogen-bond acceptors (Lipinski definition) is 2. The molecule has 78 valence electrons. The summed E-state index contributed by atoms with van der Waals surface area (Å²) < 4.78 is 5.93. The van der Waals surface area contributed by atoms with Gasteiger partial charge in [-0.1, -0.05) is 13.8 Å². The van der Waals surface area contributed by atoms with E-state index in [2.05, 4.69) is 27.7 Å². The first-order chi connectivity index (χ1) is 5.85. The van der Waals surface area contributed by atoms with Crippen molar-refractivity contribution in [1.82, 2.24) is 0 Å². The molecule has 1 aliphatic rings. The van der Waals surface area contributed by atoms with Gasteiger partial charge < -0.3 is 10.5 Å². The summed E-state index contributed by atoms with van der Waals surface area (Å²) in [6, 6.07) is 0. The van der Waals surface area contributed by atoms with Crippen LogP contribution in [0.4, 0.5) is 0 Å². The molecule has 1 fully saturated rings. The lowest BCUT2D eigenvalue weighted by atomic mass is 9.86. The molecule has 0 aromatic rings. The van der Waals surface area contributed by atoms with Crippen LogP contribution in [-0.2, 0) is 4.74 Å². The molecule has 0 aromatic carbocycles. The SMILES string of the molecule is CC(C)(CN)CC1CCC(C)(C)O1. The first kappa shape index (κ1) is 11.0. The molecule has 0 aromatic heterocycles. The Hall–Kier alpha value is -0.0800. The van der Waals surface area contributed by atoms with E-state index in [-0.39, 0.29) is 11.0 Å². The molecule has 1 aliphatic heterocycles. The van der Waals surface area contributed by atoms with Crippen LogP contribution in [0.2, 0.25) is 0 Å². The van der Waals surface area contributed by atoms with E-state index in [1.807, 2.05) is 0 Å². The molecule has 2 nitrogen and oxygen atoms in total. The van der Waals surface area contributed by atoms with Crippen molar-refractivity contribution in [2.75, 3.05) is 6.54 Å². The highest BCUT2D eigenvalue weighted by Crippen LogP contribution is 2.35. The van der Waals surface area contributed by atoms with E-state index in [0.29, 0.717) is 6.10 Å². The number of ether oxygens (including phenoxy) is 1. The lowest BCUT2D eigenvalue weighted by Crippen LogP contribution is -2.29. The van der Waals surface area contributed by atoms with Crippen LogP contribution in [0.15, 0.2) is 0 Å². The van der Waals surface area contributed by atoms with Gasteiger partial charge in [0.25, 0.3) is 0 Å². The molecule has 1 rings (SSSR count). The van der Waals surface area contributed by atoms with Crippen LogP contribution in [0.25, 0.3) is 0 Å². The van der Waals surface area contributed by atoms with Gasteiger partial charge in [0.15, 0.2) is 0 Å². The van der Waals surface area contributed by atoms with Crippen molar-refractivity contribution in [3.8, 4) is 0 Å². The lowest BCUT2D eigenvalue weighted by molar-refractivity contribution is -0.0309. The van der Waals surface area contributed by atoms with Gasteiger partial charge in [-0.15, -0.1) is 0 Å². The highest BCUT2D eigenvalue weighted by molar-refractivity contribution is 4.84. The average molecular weight is 185 g/mol. The Morgan fingerprint density at radius 1 is 1.46 bits per heavy atom. The van der Waals surface area contributed by atoms with Crippen molar-refractivity contribution >= 4 is 0 Å². The van der Waals surface area contributed by atoms with Crippen molar-refractivity contribution in [3.05, 3.63) is 0 Å². The quantitative estimate of drug-likeness (QED) is 0.732. The Balaban J connectivity index is 2.40. The molecule has 0 aliphatic carbocycles. The predicted octanol–water partition coefficient (Wildman–Crippen LogP) is 2.32. The molecule has 0 spiro atoms. The molecule has 13 heavy (non-hydrogen) atoms. The zero-order valence-corrected chi connectivity index (χ0v) is 9.39. The van der Waals surface area contributed by atoms with Crippen LogP contribution < -0.4 is 5.73 Å². The standard InChI is InChI=1S/C11H23NO/c1-10(2,8-12)7-9-5-6-11(3,4)13-9/h9H,5-8,12H2,1-4H3. The van der Waals surface area contributed by atoms with Crippen molar-refractivity contribution in [1.29, 1.82) is 0 Å². The molecule has 0 bridgehead atoms. The van der Waals surface area contributed by atoms with Crippen LogP contribution in [0, 0.1) is 5.41 Å². The van der Waals surface area contributed by atoms with E-state index >= 15 is 0 Å². The van der Waals surface area contributed by atoms with Crippen molar-refractivity contribution in [2.45, 2.75) is 58.7 Å². The first-order valence-corrected chi connectivity index (χ1v) is 5.23. The zero-order chi connectivity index (χ0) is 10.1. The molecule has 1 saturated heterocycles. The fourth-order valence-electron chi connectivity index (χ4n) is 1.92. The Kier molecular flexibility index (Phi) is 3.03. The molecule has 2 N–H and O–H groups in total. The Bertz CT molecular complexity index is 175. The summed E-state index contributed by atoms with van der Waals surface area (Å²) in [7, 11) is 0. The highest BCUT2D eigenvalue weighted by atomic mass is 16.5. The summed E-state index contributed by atoms with van der Waals surface area (Å²) in [4.78, 5) is 0. The molecule has 0 saturated carbocycles. The maximum absolute atomic E-state index is 5.93. The predicted molar refractivity (Wildman–Crippen MR) is 55.6 cm³/mol. The number of rotatable bonds is 3. The molecule has 0 amide bonds. The summed E-state index contributed by atoms with van der Waals surface area (Å²) in [5, 5.41) is 0. The van der Waals surface area contributed by atoms with E-state index in [9.17, 15) is 0 Å². The highest BCUT2D eigenvalue weighted by Gasteiger charge is 2.34. The minimum atomic E-state index is 0.0926. The van der Waals surface area contributed by atoms with Crippen LogP contribution in [-0.4, -0.2) is 18.2 Å². The number of nitrogens with two attached hydrogens (primary N) is 1. The van der Waals surface area contributed by atoms with E-state index in [4.69, 9.17) is 10.5 Å². The fraction of sp³-hybridized carbons (Fsp3) is 1.00. The largest absolute Gasteiger partial charge is 0.372 e. The first-order valence-electron chi connectivity index (χ1n) is 5.23. The third kappa shape index (κ3) is 3.28. The van der Waals surface area contributed by atoms with Gasteiger partial charge in [-0.3, -0.25) is 0 Å². The third-order valence-corrected chi connectivity index (χ3v) is 2.89. The molecule has 0 radical (unpaired) electrons. The minimum Gasteiger partial charge on any atom is -0.372 e. The van der Waals surface area contributed by atoms with Gasteiger partial charge in [0.05, 0.1) is 11.7 Å². The Labute approximate surface area is 81.8 Å². The van der Waals surface area contributed by atoms with Crippen molar-refractivity contribution in [2.24, 2.45) is 11.1 Å². The summed E-state index contributed by atoms with van der Waals surface area (Å²) in [5.41, 5.74) is 6.02. The lowest BCUT2D eigenvalue weighted by Gasteiger charge is -2.27. The molecule has 1 heterocycles. The van der Waals surface area contributed by atoms with Gasteiger partial charge in [-0.05, 0) is 45.1 Å². The number of hydrogen-bond donors (Lipinski definition) is 1. The Morgan fingerprint density at radius 3 is 2.46 bits per heavy atom. The van der Waals surface area contributed by atoms with E-state index < -0.39 is 0 Å². The van der Waals surface area contributed by atoms with Gasteiger partial charge in [-0.2, -0.15) is 0 Å². The summed E-state index contributed by atoms with van der Waals surface area (Å²) in [5.74, 6) is 0. The molecular weight excluding hydrogens is 162 g/mol. The third-order valence-electron chi connectivity index (χ3n) is 2.89. The second-order valence-corrected chi connectivity index (χ2v) is 5.61. The summed E-state index contributed by atoms with van der Waals surface area (Å²) >= 11 is 0. The fourth-order valence-corrected chi connectivity index (χ4v) is 1.92. The van der Waals surface area contributed by atoms with Gasteiger partial charge in [-0.25, -0.2) is 0 Å². The van der Waals surface area contributed by atoms with Gasteiger partial charge in [0.1, 0.15) is 0 Å². The maximum Gasteiger partial charge on any atom is 0.0631 e.